The summed E-state index contributed by atoms with van der Waals surface area (Å²) in [4.78, 5) is 0. The Hall–Kier alpha value is -1.02. The van der Waals surface area contributed by atoms with Crippen LogP contribution in [0.3, 0.4) is 0 Å². The van der Waals surface area contributed by atoms with Crippen LogP contribution in [0.25, 0.3) is 0 Å². The van der Waals surface area contributed by atoms with Crippen LogP contribution < -0.4 is 10.1 Å². The average molecular weight is 207 g/mol. The van der Waals surface area contributed by atoms with Crippen molar-refractivity contribution in [2.24, 2.45) is 0 Å². The van der Waals surface area contributed by atoms with E-state index in [2.05, 4.69) is 12.2 Å². The largest absolute Gasteiger partial charge is 0.492 e. The molecule has 1 N–H and O–H groups in total. The second kappa shape index (κ2) is 8.30. The van der Waals surface area contributed by atoms with Crippen molar-refractivity contribution in [1.82, 2.24) is 5.32 Å². The van der Waals surface area contributed by atoms with Gasteiger partial charge in [-0.25, -0.2) is 0 Å². The van der Waals surface area contributed by atoms with Gasteiger partial charge in [-0.15, -0.1) is 0 Å². The summed E-state index contributed by atoms with van der Waals surface area (Å²) in [7, 11) is 0. The highest BCUT2D eigenvalue weighted by Crippen LogP contribution is 2.07. The van der Waals surface area contributed by atoms with Crippen molar-refractivity contribution in [3.63, 3.8) is 0 Å². The summed E-state index contributed by atoms with van der Waals surface area (Å²) in [6.45, 7) is 5.00. The van der Waals surface area contributed by atoms with Gasteiger partial charge in [-0.05, 0) is 25.1 Å². The SMILES string of the molecule is CCCCCNCCOc1ccccc1. The van der Waals surface area contributed by atoms with Crippen LogP contribution in [0.5, 0.6) is 5.75 Å². The zero-order valence-electron chi connectivity index (χ0n) is 9.54. The van der Waals surface area contributed by atoms with E-state index in [-0.39, 0.29) is 0 Å². The molecule has 0 atom stereocenters. The molecule has 0 aliphatic rings. The van der Waals surface area contributed by atoms with Crippen LogP contribution in [-0.4, -0.2) is 19.7 Å². The smallest absolute Gasteiger partial charge is 0.119 e. The number of ether oxygens (including phenoxy) is 1. The van der Waals surface area contributed by atoms with Gasteiger partial charge < -0.3 is 10.1 Å². The normalized spacial score (nSPS) is 10.2. The maximum atomic E-state index is 5.55. The standard InChI is InChI=1S/C13H21NO/c1-2-3-7-10-14-11-12-15-13-8-5-4-6-9-13/h4-6,8-9,14H,2-3,7,10-12H2,1H3. The minimum atomic E-state index is 0.746. The Morgan fingerprint density at radius 3 is 2.60 bits per heavy atom. The van der Waals surface area contributed by atoms with E-state index >= 15 is 0 Å². The Morgan fingerprint density at radius 1 is 1.07 bits per heavy atom. The monoisotopic (exact) mass is 207 g/mol. The van der Waals surface area contributed by atoms with Crippen molar-refractivity contribution in [3.05, 3.63) is 30.3 Å². The van der Waals surface area contributed by atoms with Gasteiger partial charge in [0.1, 0.15) is 12.4 Å². The number of para-hydroxylation sites is 1. The van der Waals surface area contributed by atoms with Gasteiger partial charge in [0.2, 0.25) is 0 Å². The van der Waals surface area contributed by atoms with Crippen LogP contribution in [-0.2, 0) is 0 Å². The van der Waals surface area contributed by atoms with Gasteiger partial charge in [-0.1, -0.05) is 38.0 Å². The first kappa shape index (κ1) is 12.1. The molecule has 0 aromatic heterocycles. The fraction of sp³-hybridized carbons (Fsp3) is 0.538. The summed E-state index contributed by atoms with van der Waals surface area (Å²) in [5.41, 5.74) is 0. The first-order chi connectivity index (χ1) is 7.43. The van der Waals surface area contributed by atoms with E-state index in [9.17, 15) is 0 Å². The van der Waals surface area contributed by atoms with E-state index in [1.807, 2.05) is 30.3 Å². The summed E-state index contributed by atoms with van der Waals surface area (Å²) in [6.07, 6.45) is 3.86. The maximum absolute atomic E-state index is 5.55. The molecule has 0 aliphatic carbocycles. The number of hydrogen-bond acceptors (Lipinski definition) is 2. The van der Waals surface area contributed by atoms with Gasteiger partial charge in [0, 0.05) is 6.54 Å². The molecule has 0 unspecified atom stereocenters. The first-order valence-electron chi connectivity index (χ1n) is 5.82. The third-order valence-electron chi connectivity index (χ3n) is 2.25. The minimum Gasteiger partial charge on any atom is -0.492 e. The van der Waals surface area contributed by atoms with E-state index in [0.29, 0.717) is 0 Å². The Balaban J connectivity index is 1.93. The van der Waals surface area contributed by atoms with Gasteiger partial charge in [-0.2, -0.15) is 0 Å². The van der Waals surface area contributed by atoms with Crippen molar-refractivity contribution >= 4 is 0 Å². The van der Waals surface area contributed by atoms with Crippen LogP contribution in [0, 0.1) is 0 Å². The lowest BCUT2D eigenvalue weighted by atomic mass is 10.2. The highest BCUT2D eigenvalue weighted by atomic mass is 16.5. The molecule has 0 saturated carbocycles. The number of hydrogen-bond donors (Lipinski definition) is 1. The molecule has 84 valence electrons. The number of nitrogens with one attached hydrogen (secondary N) is 1. The Morgan fingerprint density at radius 2 is 1.87 bits per heavy atom. The predicted octanol–water partition coefficient (Wildman–Crippen LogP) is 2.85. The molecule has 0 radical (unpaired) electrons. The van der Waals surface area contributed by atoms with Crippen molar-refractivity contribution in [2.75, 3.05) is 19.7 Å². The topological polar surface area (TPSA) is 21.3 Å². The predicted molar refractivity (Wildman–Crippen MR) is 64.3 cm³/mol. The Bertz CT molecular complexity index is 236. The fourth-order valence-corrected chi connectivity index (χ4v) is 1.38. The van der Waals surface area contributed by atoms with Gasteiger partial charge in [0.15, 0.2) is 0 Å². The molecule has 0 heterocycles. The zero-order valence-corrected chi connectivity index (χ0v) is 9.54. The molecule has 2 nitrogen and oxygen atoms in total. The van der Waals surface area contributed by atoms with Crippen LogP contribution in [0.4, 0.5) is 0 Å². The number of benzene rings is 1. The van der Waals surface area contributed by atoms with Crippen molar-refractivity contribution in [2.45, 2.75) is 26.2 Å². The summed E-state index contributed by atoms with van der Waals surface area (Å²) >= 11 is 0. The van der Waals surface area contributed by atoms with Crippen molar-refractivity contribution < 1.29 is 4.74 Å². The van der Waals surface area contributed by atoms with Crippen LogP contribution >= 0.6 is 0 Å². The molecule has 0 aliphatic heterocycles. The third-order valence-corrected chi connectivity index (χ3v) is 2.25. The molecule has 15 heavy (non-hydrogen) atoms. The minimum absolute atomic E-state index is 0.746. The number of unbranched alkanes of at least 4 members (excludes halogenated alkanes) is 2. The molecular formula is C13H21NO. The molecule has 1 rings (SSSR count). The molecule has 1 aromatic rings. The Kier molecular flexibility index (Phi) is 6.67. The quantitative estimate of drug-likeness (QED) is 0.662. The molecular weight excluding hydrogens is 186 g/mol. The van der Waals surface area contributed by atoms with E-state index < -0.39 is 0 Å². The van der Waals surface area contributed by atoms with Gasteiger partial charge >= 0.3 is 0 Å². The third kappa shape index (κ3) is 6.13. The highest BCUT2D eigenvalue weighted by Gasteiger charge is 1.91. The Labute approximate surface area is 92.6 Å². The molecule has 0 saturated heterocycles. The summed E-state index contributed by atoms with van der Waals surface area (Å²) in [6, 6.07) is 9.94. The second-order valence-corrected chi connectivity index (χ2v) is 3.62. The van der Waals surface area contributed by atoms with Crippen LogP contribution in [0.15, 0.2) is 30.3 Å². The molecule has 0 amide bonds. The molecule has 0 spiro atoms. The summed E-state index contributed by atoms with van der Waals surface area (Å²) < 4.78 is 5.55. The molecule has 2 heteroatoms. The lowest BCUT2D eigenvalue weighted by molar-refractivity contribution is 0.313. The van der Waals surface area contributed by atoms with Gasteiger partial charge in [0.25, 0.3) is 0 Å². The fourth-order valence-electron chi connectivity index (χ4n) is 1.38. The zero-order chi connectivity index (χ0) is 10.8. The molecule has 0 bridgehead atoms. The highest BCUT2D eigenvalue weighted by molar-refractivity contribution is 5.20. The van der Waals surface area contributed by atoms with Gasteiger partial charge in [-0.3, -0.25) is 0 Å². The van der Waals surface area contributed by atoms with E-state index in [1.54, 1.807) is 0 Å². The number of rotatable bonds is 8. The van der Waals surface area contributed by atoms with Crippen LogP contribution in [0.1, 0.15) is 26.2 Å². The van der Waals surface area contributed by atoms with Gasteiger partial charge in [0.05, 0.1) is 0 Å². The maximum Gasteiger partial charge on any atom is 0.119 e. The molecule has 0 fully saturated rings. The summed E-state index contributed by atoms with van der Waals surface area (Å²) in [5, 5.41) is 3.37. The van der Waals surface area contributed by atoms with Crippen molar-refractivity contribution in [3.8, 4) is 5.75 Å². The lowest BCUT2D eigenvalue weighted by Gasteiger charge is -2.06. The first-order valence-corrected chi connectivity index (χ1v) is 5.82. The summed E-state index contributed by atoms with van der Waals surface area (Å²) in [5.74, 6) is 0.952. The van der Waals surface area contributed by atoms with Crippen molar-refractivity contribution in [1.29, 1.82) is 0 Å². The lowest BCUT2D eigenvalue weighted by Crippen LogP contribution is -2.22. The van der Waals surface area contributed by atoms with E-state index in [4.69, 9.17) is 4.74 Å². The molecule has 1 aromatic carbocycles. The average Bonchev–Trinajstić information content (AvgIpc) is 2.29. The van der Waals surface area contributed by atoms with E-state index in [0.717, 1.165) is 25.4 Å². The van der Waals surface area contributed by atoms with E-state index in [1.165, 1.54) is 19.3 Å². The van der Waals surface area contributed by atoms with Crippen LogP contribution in [0.2, 0.25) is 0 Å². The second-order valence-electron chi connectivity index (χ2n) is 3.62.